The van der Waals surface area contributed by atoms with Crippen LogP contribution in [0.25, 0.3) is 6.08 Å². The van der Waals surface area contributed by atoms with Gasteiger partial charge in [-0.1, -0.05) is 65.7 Å². The molecule has 0 saturated carbocycles. The Morgan fingerprint density at radius 3 is 2.70 bits per heavy atom. The minimum absolute atomic E-state index is 0.0895. The summed E-state index contributed by atoms with van der Waals surface area (Å²) in [5.74, 6) is 0.579. The third kappa shape index (κ3) is 5.60. The van der Waals surface area contributed by atoms with E-state index in [1.807, 2.05) is 78.4 Å². The summed E-state index contributed by atoms with van der Waals surface area (Å²) < 4.78 is 7.52. The van der Waals surface area contributed by atoms with Gasteiger partial charge in [-0.2, -0.15) is 0 Å². The number of ether oxygens (including phenoxy) is 1. The number of aromatic nitrogens is 1. The van der Waals surface area contributed by atoms with Crippen molar-refractivity contribution >= 4 is 23.5 Å². The number of hydrogen-bond acceptors (Lipinski definition) is 4. The molecule has 5 nitrogen and oxygen atoms in total. The smallest absolute Gasteiger partial charge is 0.210 e. The number of hydrogen-bond donors (Lipinski definition) is 1. The van der Waals surface area contributed by atoms with Gasteiger partial charge in [0.1, 0.15) is 24.2 Å². The fraction of sp³-hybridized carbons (Fsp3) is 0.208. The summed E-state index contributed by atoms with van der Waals surface area (Å²) in [6, 6.07) is 16.8. The number of ketones is 1. The first kappa shape index (κ1) is 21.8. The van der Waals surface area contributed by atoms with Gasteiger partial charge in [-0.25, -0.2) is 4.89 Å². The molecule has 1 aromatic heterocycles. The topological polar surface area (TPSA) is 60.7 Å². The van der Waals surface area contributed by atoms with Crippen LogP contribution in [0.2, 0.25) is 5.02 Å². The molecule has 0 fully saturated rings. The monoisotopic (exact) mass is 425 g/mol. The first-order valence-electron chi connectivity index (χ1n) is 9.63. The highest BCUT2D eigenvalue weighted by Crippen LogP contribution is 2.22. The van der Waals surface area contributed by atoms with E-state index < -0.39 is 0 Å². The van der Waals surface area contributed by atoms with E-state index in [0.717, 1.165) is 11.1 Å². The molecule has 3 aromatic rings. The second kappa shape index (κ2) is 10.3. The maximum atomic E-state index is 12.9. The van der Waals surface area contributed by atoms with Gasteiger partial charge in [0, 0.05) is 18.3 Å². The van der Waals surface area contributed by atoms with E-state index in [2.05, 4.69) is 4.89 Å². The van der Waals surface area contributed by atoms with Gasteiger partial charge in [0.2, 0.25) is 5.78 Å². The Kier molecular flexibility index (Phi) is 7.46. The molecule has 0 amide bonds. The Morgan fingerprint density at radius 2 is 1.97 bits per heavy atom. The van der Waals surface area contributed by atoms with Crippen LogP contribution < -0.4 is 4.74 Å². The first-order chi connectivity index (χ1) is 14.5. The van der Waals surface area contributed by atoms with E-state index in [-0.39, 0.29) is 18.5 Å². The van der Waals surface area contributed by atoms with Crippen LogP contribution in [0.15, 0.2) is 66.9 Å². The summed E-state index contributed by atoms with van der Waals surface area (Å²) in [5.41, 5.74) is 3.13. The highest BCUT2D eigenvalue weighted by atomic mass is 35.5. The highest BCUT2D eigenvalue weighted by Gasteiger charge is 2.17. The van der Waals surface area contributed by atoms with Crippen molar-refractivity contribution in [1.29, 1.82) is 0 Å². The summed E-state index contributed by atoms with van der Waals surface area (Å²) in [4.78, 5) is 17.0. The molecule has 0 bridgehead atoms. The number of halogens is 1. The molecular weight excluding hydrogens is 402 g/mol. The van der Waals surface area contributed by atoms with Crippen LogP contribution in [0.4, 0.5) is 0 Å². The minimum Gasteiger partial charge on any atom is -0.488 e. The maximum Gasteiger partial charge on any atom is 0.210 e. The Balaban J connectivity index is 1.72. The van der Waals surface area contributed by atoms with Crippen molar-refractivity contribution in [2.45, 2.75) is 26.5 Å². The average molecular weight is 426 g/mol. The van der Waals surface area contributed by atoms with E-state index in [1.165, 1.54) is 0 Å². The Hall–Kier alpha value is -2.86. The summed E-state index contributed by atoms with van der Waals surface area (Å²) >= 11 is 6.30. The largest absolute Gasteiger partial charge is 0.488 e. The van der Waals surface area contributed by atoms with Crippen LogP contribution in [-0.2, 0) is 11.4 Å². The van der Waals surface area contributed by atoms with E-state index in [0.29, 0.717) is 28.6 Å². The lowest BCUT2D eigenvalue weighted by Gasteiger charge is -2.13. The Morgan fingerprint density at radius 1 is 1.20 bits per heavy atom. The summed E-state index contributed by atoms with van der Waals surface area (Å²) in [5, 5.41) is 8.95. The van der Waals surface area contributed by atoms with Crippen molar-refractivity contribution in [3.63, 3.8) is 0 Å². The van der Waals surface area contributed by atoms with Crippen molar-refractivity contribution < 1.29 is 19.7 Å². The number of carbonyl (C=O) groups is 1. The SMILES string of the molecule is Cc1ccc(C(=O)c2c(Cl)ccn2CC=Cc2cccc(O[C@@H](C)COO)c2)cc1. The zero-order valence-corrected chi connectivity index (χ0v) is 17.7. The molecule has 2 aromatic carbocycles. The third-order valence-electron chi connectivity index (χ3n) is 4.56. The number of rotatable bonds is 9. The molecule has 0 spiro atoms. The number of benzene rings is 2. The van der Waals surface area contributed by atoms with Gasteiger partial charge >= 0.3 is 0 Å². The van der Waals surface area contributed by atoms with Crippen LogP contribution in [0.3, 0.4) is 0 Å². The van der Waals surface area contributed by atoms with Crippen LogP contribution in [0.5, 0.6) is 5.75 Å². The molecule has 3 rings (SSSR count). The number of nitrogens with zero attached hydrogens (tertiary/aromatic N) is 1. The number of allylic oxidation sites excluding steroid dienone is 1. The lowest BCUT2D eigenvalue weighted by molar-refractivity contribution is -0.253. The minimum atomic E-state index is -0.272. The lowest BCUT2D eigenvalue weighted by atomic mass is 10.1. The van der Waals surface area contributed by atoms with Gasteiger partial charge in [0.15, 0.2) is 0 Å². The molecule has 1 atom stereocenters. The third-order valence-corrected chi connectivity index (χ3v) is 4.87. The van der Waals surface area contributed by atoms with Gasteiger partial charge in [-0.15, -0.1) is 0 Å². The highest BCUT2D eigenvalue weighted by molar-refractivity contribution is 6.34. The lowest BCUT2D eigenvalue weighted by Crippen LogP contribution is -2.18. The van der Waals surface area contributed by atoms with Crippen LogP contribution >= 0.6 is 11.6 Å². The van der Waals surface area contributed by atoms with Gasteiger partial charge in [0.05, 0.1) is 5.02 Å². The van der Waals surface area contributed by atoms with Gasteiger partial charge < -0.3 is 9.30 Å². The average Bonchev–Trinajstić information content (AvgIpc) is 3.09. The molecule has 156 valence electrons. The van der Waals surface area contributed by atoms with E-state index in [1.54, 1.807) is 13.0 Å². The molecular formula is C24H24ClNO4. The molecule has 0 aliphatic rings. The molecule has 0 aliphatic carbocycles. The summed E-state index contributed by atoms with van der Waals surface area (Å²) in [6.45, 7) is 4.38. The first-order valence-corrected chi connectivity index (χ1v) is 10.0. The van der Waals surface area contributed by atoms with Crippen molar-refractivity contribution in [1.82, 2.24) is 4.57 Å². The van der Waals surface area contributed by atoms with Gasteiger partial charge in [0.25, 0.3) is 0 Å². The molecule has 0 radical (unpaired) electrons. The number of carbonyl (C=O) groups excluding carboxylic acids is 1. The fourth-order valence-electron chi connectivity index (χ4n) is 3.04. The van der Waals surface area contributed by atoms with E-state index in [9.17, 15) is 4.79 Å². The zero-order chi connectivity index (χ0) is 21.5. The summed E-state index contributed by atoms with van der Waals surface area (Å²) in [7, 11) is 0. The predicted molar refractivity (Wildman–Crippen MR) is 118 cm³/mol. The molecule has 6 heteroatoms. The standard InChI is InChI=1S/C24H24ClNO4/c1-17-8-10-20(11-9-17)24(27)23-22(25)12-14-26(23)13-4-6-19-5-3-7-21(15-19)30-18(2)16-29-28/h3-12,14-15,18,28H,13,16H2,1-2H3/t18-/m0/s1. The molecule has 1 heterocycles. The van der Waals surface area contributed by atoms with Crippen molar-refractivity contribution in [2.75, 3.05) is 6.61 Å². The van der Waals surface area contributed by atoms with E-state index in [4.69, 9.17) is 21.6 Å². The second-order valence-corrected chi connectivity index (χ2v) is 7.47. The van der Waals surface area contributed by atoms with Crippen molar-refractivity contribution in [2.24, 2.45) is 0 Å². The van der Waals surface area contributed by atoms with Crippen LogP contribution in [0.1, 0.15) is 34.1 Å². The molecule has 0 unspecified atom stereocenters. The second-order valence-electron chi connectivity index (χ2n) is 7.06. The normalized spacial score (nSPS) is 12.3. The van der Waals surface area contributed by atoms with Crippen LogP contribution in [0, 0.1) is 6.92 Å². The maximum absolute atomic E-state index is 12.9. The predicted octanol–water partition coefficient (Wildman–Crippen LogP) is 5.65. The van der Waals surface area contributed by atoms with Gasteiger partial charge in [-0.05, 0) is 37.6 Å². The summed E-state index contributed by atoms with van der Waals surface area (Å²) in [6.07, 6.45) is 5.45. The Labute approximate surface area is 181 Å². The van der Waals surface area contributed by atoms with Gasteiger partial charge in [-0.3, -0.25) is 10.1 Å². The van der Waals surface area contributed by atoms with Crippen molar-refractivity contribution in [3.05, 3.63) is 94.3 Å². The van der Waals surface area contributed by atoms with Crippen molar-refractivity contribution in [3.8, 4) is 5.75 Å². The quantitative estimate of drug-likeness (QED) is 0.273. The fourth-order valence-corrected chi connectivity index (χ4v) is 3.29. The Bertz CT molecular complexity index is 1020. The number of aryl methyl sites for hydroxylation is 1. The molecule has 0 saturated heterocycles. The zero-order valence-electron chi connectivity index (χ0n) is 16.9. The van der Waals surface area contributed by atoms with Crippen LogP contribution in [-0.4, -0.2) is 28.3 Å². The molecule has 1 N–H and O–H groups in total. The van der Waals surface area contributed by atoms with E-state index >= 15 is 0 Å². The molecule has 0 aliphatic heterocycles. The molecule has 30 heavy (non-hydrogen) atoms.